The highest BCUT2D eigenvalue weighted by molar-refractivity contribution is 14.1. The number of hydrogen-bond acceptors (Lipinski definition) is 4. The summed E-state index contributed by atoms with van der Waals surface area (Å²) in [5.41, 5.74) is 2.70. The number of nitrogens with zero attached hydrogens (tertiary/aromatic N) is 2. The molecule has 1 aromatic heterocycles. The summed E-state index contributed by atoms with van der Waals surface area (Å²) in [4.78, 5) is 12.3. The molecule has 3 aromatic rings. The Morgan fingerprint density at radius 1 is 1.21 bits per heavy atom. The fraction of sp³-hybridized carbons (Fsp3) is 0.118. The van der Waals surface area contributed by atoms with Crippen molar-refractivity contribution >= 4 is 46.4 Å². The molecule has 3 rings (SSSR count). The van der Waals surface area contributed by atoms with E-state index < -0.39 is 0 Å². The van der Waals surface area contributed by atoms with Gasteiger partial charge in [0.15, 0.2) is 0 Å². The second-order valence-electron chi connectivity index (χ2n) is 5.25. The van der Waals surface area contributed by atoms with Crippen LogP contribution in [0.5, 0.6) is 0 Å². The quantitative estimate of drug-likeness (QED) is 0.471. The average molecular weight is 451 g/mol. The number of anilines is 1. The molecule has 0 saturated carbocycles. The second-order valence-corrected chi connectivity index (χ2v) is 6.85. The van der Waals surface area contributed by atoms with Gasteiger partial charge in [0.1, 0.15) is 6.54 Å². The van der Waals surface area contributed by atoms with Crippen molar-refractivity contribution in [3.05, 3.63) is 62.5 Å². The van der Waals surface area contributed by atoms with E-state index in [2.05, 4.69) is 33.0 Å². The molecule has 0 aliphatic carbocycles. The third-order valence-corrected chi connectivity index (χ3v) is 4.34. The fourth-order valence-corrected chi connectivity index (χ4v) is 2.63. The molecule has 0 aliphatic heterocycles. The highest BCUT2D eigenvalue weighted by atomic mass is 127. The zero-order valence-corrected chi connectivity index (χ0v) is 15.8. The van der Waals surface area contributed by atoms with Crippen molar-refractivity contribution in [2.24, 2.45) is 0 Å². The third kappa shape index (κ3) is 4.09. The van der Waals surface area contributed by atoms with Crippen LogP contribution in [-0.2, 0) is 11.3 Å². The molecule has 7 heteroatoms. The number of aryl methyl sites for hydroxylation is 1. The lowest BCUT2D eigenvalue weighted by Crippen LogP contribution is -2.19. The normalized spacial score (nSPS) is 10.6. The van der Waals surface area contributed by atoms with Crippen molar-refractivity contribution in [3.8, 4) is 11.5 Å². The minimum atomic E-state index is -0.212. The van der Waals surface area contributed by atoms with Gasteiger partial charge in [-0.15, -0.1) is 5.10 Å². The summed E-state index contributed by atoms with van der Waals surface area (Å²) in [6.07, 6.45) is 0. The highest BCUT2D eigenvalue weighted by Crippen LogP contribution is 2.18. The van der Waals surface area contributed by atoms with Gasteiger partial charge in [-0.1, -0.05) is 17.7 Å². The summed E-state index contributed by atoms with van der Waals surface area (Å²) in [5, 5.41) is 7.10. The number of hydrogen-bond donors (Lipinski definition) is 1. The highest BCUT2D eigenvalue weighted by Gasteiger charge is 2.11. The summed E-state index contributed by atoms with van der Waals surface area (Å²) in [6, 6.07) is 15.3. The predicted octanol–water partition coefficient (Wildman–Crippen LogP) is 4.42. The van der Waals surface area contributed by atoms with Crippen molar-refractivity contribution in [2.45, 2.75) is 13.5 Å². The fourth-order valence-electron chi connectivity index (χ4n) is 2.09. The van der Waals surface area contributed by atoms with E-state index in [0.717, 1.165) is 20.4 Å². The number of carbonyl (C=O) groups is 1. The largest absolute Gasteiger partial charge is 0.409 e. The van der Waals surface area contributed by atoms with Crippen molar-refractivity contribution < 1.29 is 9.21 Å². The molecule has 122 valence electrons. The molecule has 0 atom stereocenters. The Kier molecular flexibility index (Phi) is 5.10. The summed E-state index contributed by atoms with van der Waals surface area (Å²) in [7, 11) is 0. The molecule has 0 saturated heterocycles. The smallest absolute Gasteiger partial charge is 0.287 e. The lowest BCUT2D eigenvalue weighted by molar-refractivity contribution is -0.117. The Balaban J connectivity index is 1.73. The zero-order chi connectivity index (χ0) is 17.1. The number of carbonyl (C=O) groups excluding carboxylic acids is 1. The van der Waals surface area contributed by atoms with Gasteiger partial charge in [0, 0.05) is 14.8 Å². The monoisotopic (exact) mass is 451 g/mol. The molecule has 0 bridgehead atoms. The van der Waals surface area contributed by atoms with Crippen LogP contribution in [0, 0.1) is 15.3 Å². The van der Waals surface area contributed by atoms with Gasteiger partial charge in [0.25, 0.3) is 4.84 Å². The van der Waals surface area contributed by atoms with E-state index in [-0.39, 0.29) is 17.3 Å². The van der Waals surface area contributed by atoms with E-state index in [1.54, 1.807) is 0 Å². The Morgan fingerprint density at radius 2 is 1.88 bits per heavy atom. The Bertz CT molecular complexity index is 914. The van der Waals surface area contributed by atoms with Gasteiger partial charge in [-0.05, 0) is 78.1 Å². The molecular weight excluding hydrogens is 437 g/mol. The molecule has 0 radical (unpaired) electrons. The van der Waals surface area contributed by atoms with E-state index >= 15 is 0 Å². The van der Waals surface area contributed by atoms with E-state index in [1.807, 2.05) is 55.5 Å². The summed E-state index contributed by atoms with van der Waals surface area (Å²) < 4.78 is 7.98. The zero-order valence-electron chi connectivity index (χ0n) is 12.8. The van der Waals surface area contributed by atoms with Crippen LogP contribution in [0.1, 0.15) is 5.56 Å². The minimum Gasteiger partial charge on any atom is -0.409 e. The van der Waals surface area contributed by atoms with Gasteiger partial charge >= 0.3 is 0 Å². The van der Waals surface area contributed by atoms with E-state index in [9.17, 15) is 4.79 Å². The van der Waals surface area contributed by atoms with E-state index in [4.69, 9.17) is 16.6 Å². The van der Waals surface area contributed by atoms with Crippen molar-refractivity contribution in [3.63, 3.8) is 0 Å². The SMILES string of the molecule is Cc1ccc(-c2nn(CC(=O)Nc3ccc(I)cc3)c(=S)o2)cc1. The molecule has 24 heavy (non-hydrogen) atoms. The van der Waals surface area contributed by atoms with Gasteiger partial charge in [-0.3, -0.25) is 4.79 Å². The van der Waals surface area contributed by atoms with Crippen LogP contribution in [0.15, 0.2) is 52.9 Å². The maximum atomic E-state index is 12.1. The summed E-state index contributed by atoms with van der Waals surface area (Å²) in [5.74, 6) is 0.193. The van der Waals surface area contributed by atoms with Crippen LogP contribution in [0.4, 0.5) is 5.69 Å². The van der Waals surface area contributed by atoms with Gasteiger partial charge in [-0.25, -0.2) is 4.68 Å². The van der Waals surface area contributed by atoms with Crippen LogP contribution >= 0.6 is 34.8 Å². The Hall–Kier alpha value is -2.00. The van der Waals surface area contributed by atoms with Gasteiger partial charge < -0.3 is 9.73 Å². The van der Waals surface area contributed by atoms with Gasteiger partial charge in [-0.2, -0.15) is 0 Å². The van der Waals surface area contributed by atoms with Crippen molar-refractivity contribution in [1.82, 2.24) is 9.78 Å². The molecule has 1 heterocycles. The number of nitrogens with one attached hydrogen (secondary N) is 1. The number of aromatic nitrogens is 2. The van der Waals surface area contributed by atoms with E-state index in [0.29, 0.717) is 5.89 Å². The lowest BCUT2D eigenvalue weighted by Gasteiger charge is -2.04. The maximum absolute atomic E-state index is 12.1. The molecule has 0 fully saturated rings. The molecule has 5 nitrogen and oxygen atoms in total. The minimum absolute atomic E-state index is 0.000180. The predicted molar refractivity (Wildman–Crippen MR) is 103 cm³/mol. The molecule has 1 N–H and O–H groups in total. The van der Waals surface area contributed by atoms with Gasteiger partial charge in [0.2, 0.25) is 11.8 Å². The Morgan fingerprint density at radius 3 is 2.54 bits per heavy atom. The first-order valence-electron chi connectivity index (χ1n) is 7.22. The van der Waals surface area contributed by atoms with Crippen LogP contribution in [0.2, 0.25) is 0 Å². The van der Waals surface area contributed by atoms with Crippen molar-refractivity contribution in [1.29, 1.82) is 0 Å². The molecule has 0 aliphatic rings. The first kappa shape index (κ1) is 16.8. The molecule has 2 aromatic carbocycles. The molecular formula is C17H14IN3O2S. The maximum Gasteiger partial charge on any atom is 0.287 e. The molecule has 1 amide bonds. The topological polar surface area (TPSA) is 60.1 Å². The van der Waals surface area contributed by atoms with Gasteiger partial charge in [0.05, 0.1) is 0 Å². The summed E-state index contributed by atoms with van der Waals surface area (Å²) in [6.45, 7) is 2.01. The molecule has 0 spiro atoms. The number of halogens is 1. The summed E-state index contributed by atoms with van der Waals surface area (Å²) >= 11 is 7.36. The standard InChI is InChI=1S/C17H14IN3O2S/c1-11-2-4-12(5-3-11)16-20-21(17(24)23-16)10-15(22)19-14-8-6-13(18)7-9-14/h2-9H,10H2,1H3,(H,19,22). The van der Waals surface area contributed by atoms with Crippen LogP contribution in [-0.4, -0.2) is 15.7 Å². The Labute approximate surface area is 157 Å². The van der Waals surface area contributed by atoms with Crippen LogP contribution in [0.25, 0.3) is 11.5 Å². The lowest BCUT2D eigenvalue weighted by atomic mass is 10.1. The number of benzene rings is 2. The first-order valence-corrected chi connectivity index (χ1v) is 8.70. The van der Waals surface area contributed by atoms with Crippen LogP contribution in [0.3, 0.4) is 0 Å². The molecule has 0 unspecified atom stereocenters. The van der Waals surface area contributed by atoms with E-state index in [1.165, 1.54) is 4.68 Å². The number of rotatable bonds is 4. The number of amides is 1. The third-order valence-electron chi connectivity index (χ3n) is 3.33. The first-order chi connectivity index (χ1) is 11.5. The van der Waals surface area contributed by atoms with Crippen LogP contribution < -0.4 is 5.32 Å². The average Bonchev–Trinajstić information content (AvgIpc) is 2.91. The second kappa shape index (κ2) is 7.27. The van der Waals surface area contributed by atoms with Crippen molar-refractivity contribution in [2.75, 3.05) is 5.32 Å².